The van der Waals surface area contributed by atoms with Gasteiger partial charge in [0.25, 0.3) is 10.0 Å². The molecule has 0 aliphatic rings. The van der Waals surface area contributed by atoms with Gasteiger partial charge in [-0.15, -0.1) is 0 Å². The molecule has 0 amide bonds. The van der Waals surface area contributed by atoms with Gasteiger partial charge in [-0.05, 0) is 19.9 Å². The van der Waals surface area contributed by atoms with E-state index in [0.29, 0.717) is 12.2 Å². The van der Waals surface area contributed by atoms with Gasteiger partial charge in [-0.2, -0.15) is 5.10 Å². The van der Waals surface area contributed by atoms with Crippen LogP contribution in [-0.4, -0.2) is 28.2 Å². The fraction of sp³-hybridized carbons (Fsp3) is 0.300. The Morgan fingerprint density at radius 1 is 1.33 bits per heavy atom. The van der Waals surface area contributed by atoms with Gasteiger partial charge in [0, 0.05) is 25.1 Å². The molecule has 0 unspecified atom stereocenters. The van der Waals surface area contributed by atoms with Crippen LogP contribution in [-0.2, 0) is 16.6 Å². The Labute approximate surface area is 105 Å². The van der Waals surface area contributed by atoms with Crippen molar-refractivity contribution >= 4 is 16.0 Å². The normalized spacial score (nSPS) is 11.4. The van der Waals surface area contributed by atoms with Crippen molar-refractivity contribution in [3.05, 3.63) is 30.4 Å². The summed E-state index contributed by atoms with van der Waals surface area (Å²) >= 11 is 0. The lowest BCUT2D eigenvalue weighted by Gasteiger charge is -2.04. The van der Waals surface area contributed by atoms with Crippen molar-refractivity contribution in [3.8, 4) is 0 Å². The number of hydrogen-bond donors (Lipinski definition) is 1. The van der Waals surface area contributed by atoms with Gasteiger partial charge in [0.05, 0.1) is 5.69 Å². The Morgan fingerprint density at radius 3 is 2.56 bits per heavy atom. The van der Waals surface area contributed by atoms with Crippen molar-refractivity contribution < 1.29 is 8.42 Å². The zero-order valence-electron chi connectivity index (χ0n) is 10.0. The second-order valence-corrected chi connectivity index (χ2v) is 5.26. The summed E-state index contributed by atoms with van der Waals surface area (Å²) < 4.78 is 28.1. The highest BCUT2D eigenvalue weighted by molar-refractivity contribution is 7.92. The largest absolute Gasteiger partial charge is 0.271 e. The molecule has 0 atom stereocenters. The average Bonchev–Trinajstić information content (AvgIpc) is 2.72. The van der Waals surface area contributed by atoms with E-state index in [9.17, 15) is 8.42 Å². The Bertz CT molecular complexity index is 636. The van der Waals surface area contributed by atoms with Crippen LogP contribution in [0.1, 0.15) is 12.6 Å². The van der Waals surface area contributed by atoms with E-state index >= 15 is 0 Å². The first-order valence-corrected chi connectivity index (χ1v) is 6.85. The van der Waals surface area contributed by atoms with Crippen molar-refractivity contribution in [2.45, 2.75) is 25.3 Å². The Morgan fingerprint density at radius 2 is 2.00 bits per heavy atom. The summed E-state index contributed by atoms with van der Waals surface area (Å²) in [7, 11) is -3.69. The SMILES string of the molecule is CCn1cc(S(=O)(=O)Nc2ncccn2)c(C)n1. The van der Waals surface area contributed by atoms with Gasteiger partial charge in [-0.3, -0.25) is 4.68 Å². The first-order valence-electron chi connectivity index (χ1n) is 5.37. The van der Waals surface area contributed by atoms with E-state index in [-0.39, 0.29) is 10.8 Å². The van der Waals surface area contributed by atoms with Crippen LogP contribution in [0.4, 0.5) is 5.95 Å². The highest BCUT2D eigenvalue weighted by Gasteiger charge is 2.21. The van der Waals surface area contributed by atoms with Gasteiger partial charge in [-0.1, -0.05) is 0 Å². The molecule has 2 aromatic rings. The summed E-state index contributed by atoms with van der Waals surface area (Å²) in [5.74, 6) is 0.0427. The molecule has 7 nitrogen and oxygen atoms in total. The topological polar surface area (TPSA) is 89.8 Å². The van der Waals surface area contributed by atoms with E-state index in [1.54, 1.807) is 17.7 Å². The monoisotopic (exact) mass is 267 g/mol. The summed E-state index contributed by atoms with van der Waals surface area (Å²) in [5.41, 5.74) is 0.445. The Balaban J connectivity index is 2.34. The highest BCUT2D eigenvalue weighted by atomic mass is 32.2. The molecule has 0 spiro atoms. The van der Waals surface area contributed by atoms with Crippen LogP contribution in [0.15, 0.2) is 29.6 Å². The Kier molecular flexibility index (Phi) is 3.28. The van der Waals surface area contributed by atoms with Crippen molar-refractivity contribution in [1.82, 2.24) is 19.7 Å². The van der Waals surface area contributed by atoms with Crippen LogP contribution in [0.3, 0.4) is 0 Å². The van der Waals surface area contributed by atoms with E-state index in [1.807, 2.05) is 6.92 Å². The lowest BCUT2D eigenvalue weighted by Crippen LogP contribution is -2.15. The fourth-order valence-electron chi connectivity index (χ4n) is 1.45. The minimum atomic E-state index is -3.69. The van der Waals surface area contributed by atoms with Crippen LogP contribution >= 0.6 is 0 Å². The van der Waals surface area contributed by atoms with Crippen LogP contribution in [0.5, 0.6) is 0 Å². The number of anilines is 1. The van der Waals surface area contributed by atoms with Gasteiger partial charge in [0.2, 0.25) is 5.95 Å². The lowest BCUT2D eigenvalue weighted by molar-refractivity contribution is 0.600. The van der Waals surface area contributed by atoms with Crippen LogP contribution in [0.25, 0.3) is 0 Å². The molecule has 8 heteroatoms. The van der Waals surface area contributed by atoms with Gasteiger partial charge in [0.15, 0.2) is 0 Å². The molecule has 2 aromatic heterocycles. The van der Waals surface area contributed by atoms with Crippen molar-refractivity contribution in [1.29, 1.82) is 0 Å². The first kappa shape index (κ1) is 12.5. The third kappa shape index (κ3) is 2.48. The first-order chi connectivity index (χ1) is 8.53. The number of aromatic nitrogens is 4. The number of nitrogens with zero attached hydrogens (tertiary/aromatic N) is 4. The third-order valence-electron chi connectivity index (χ3n) is 2.31. The van der Waals surface area contributed by atoms with E-state index in [0.717, 1.165) is 0 Å². The van der Waals surface area contributed by atoms with E-state index in [2.05, 4.69) is 19.8 Å². The highest BCUT2D eigenvalue weighted by Crippen LogP contribution is 2.15. The smallest absolute Gasteiger partial charge is 0.267 e. The van der Waals surface area contributed by atoms with Gasteiger partial charge in [-0.25, -0.2) is 23.1 Å². The third-order valence-corrected chi connectivity index (χ3v) is 3.74. The molecule has 0 bridgehead atoms. The van der Waals surface area contributed by atoms with Crippen molar-refractivity contribution in [2.24, 2.45) is 0 Å². The number of sulfonamides is 1. The molecular formula is C10H13N5O2S. The maximum atomic E-state index is 12.1. The van der Waals surface area contributed by atoms with Gasteiger partial charge < -0.3 is 0 Å². The second kappa shape index (κ2) is 4.73. The maximum absolute atomic E-state index is 12.1. The number of rotatable bonds is 4. The molecule has 0 saturated heterocycles. The molecule has 0 aliphatic heterocycles. The zero-order valence-corrected chi connectivity index (χ0v) is 10.8. The van der Waals surface area contributed by atoms with Crippen molar-refractivity contribution in [2.75, 3.05) is 4.72 Å². The summed E-state index contributed by atoms with van der Waals surface area (Å²) in [4.78, 5) is 7.77. The lowest BCUT2D eigenvalue weighted by atomic mass is 10.5. The number of nitrogens with one attached hydrogen (secondary N) is 1. The molecule has 2 heterocycles. The zero-order chi connectivity index (χ0) is 13.2. The Hall–Kier alpha value is -1.96. The molecule has 2 rings (SSSR count). The maximum Gasteiger partial charge on any atom is 0.267 e. The van der Waals surface area contributed by atoms with E-state index < -0.39 is 10.0 Å². The van der Waals surface area contributed by atoms with Crippen LogP contribution in [0.2, 0.25) is 0 Å². The molecule has 1 N–H and O–H groups in total. The summed E-state index contributed by atoms with van der Waals surface area (Å²) in [6, 6.07) is 1.61. The van der Waals surface area contributed by atoms with Crippen LogP contribution < -0.4 is 4.72 Å². The molecular weight excluding hydrogens is 254 g/mol. The van der Waals surface area contributed by atoms with Gasteiger partial charge in [0.1, 0.15) is 4.90 Å². The number of hydrogen-bond acceptors (Lipinski definition) is 5. The summed E-state index contributed by atoms with van der Waals surface area (Å²) in [5, 5.41) is 4.09. The summed E-state index contributed by atoms with van der Waals surface area (Å²) in [6.45, 7) is 4.14. The van der Waals surface area contributed by atoms with E-state index in [4.69, 9.17) is 0 Å². The van der Waals surface area contributed by atoms with Crippen LogP contribution in [0, 0.1) is 6.92 Å². The molecule has 0 radical (unpaired) electrons. The molecule has 18 heavy (non-hydrogen) atoms. The quantitative estimate of drug-likeness (QED) is 0.885. The summed E-state index contributed by atoms with van der Waals surface area (Å²) in [6.07, 6.45) is 4.42. The molecule has 0 saturated carbocycles. The fourth-order valence-corrected chi connectivity index (χ4v) is 2.60. The van der Waals surface area contributed by atoms with E-state index in [1.165, 1.54) is 18.6 Å². The standard InChI is InChI=1S/C10H13N5O2S/c1-3-15-7-9(8(2)13-15)18(16,17)14-10-11-5-4-6-12-10/h4-7H,3H2,1-2H3,(H,11,12,14). The second-order valence-electron chi connectivity index (χ2n) is 3.61. The minimum Gasteiger partial charge on any atom is -0.271 e. The predicted octanol–water partition coefficient (Wildman–Crippen LogP) is 0.802. The average molecular weight is 267 g/mol. The van der Waals surface area contributed by atoms with Crippen molar-refractivity contribution in [3.63, 3.8) is 0 Å². The molecule has 96 valence electrons. The molecule has 0 fully saturated rings. The minimum absolute atomic E-state index is 0.0427. The number of aryl methyl sites for hydroxylation is 2. The van der Waals surface area contributed by atoms with Gasteiger partial charge >= 0.3 is 0 Å². The molecule has 0 aliphatic carbocycles. The molecule has 0 aromatic carbocycles. The predicted molar refractivity (Wildman–Crippen MR) is 65.5 cm³/mol.